The number of hydrogen-bond acceptors (Lipinski definition) is 10. The van der Waals surface area contributed by atoms with E-state index >= 15 is 0 Å². The van der Waals surface area contributed by atoms with Crippen LogP contribution in [0.3, 0.4) is 0 Å². The van der Waals surface area contributed by atoms with Gasteiger partial charge in [-0.05, 0) is 20.8 Å². The number of carbonyl (C=O) groups excluding carboxylic acids is 3. The first-order valence-electron chi connectivity index (χ1n) is 8.44. The standard InChI is InChI=1S/C16H19N5O8S/c1-6-10(13(26)21(6)8(22)4-9(23)24)19-12(25)11(7-5-30-15(17)18-7)20-29-16(2,3)14(27)28/h5-6,10H,4H2,1-3H3,(H2,17,18)(H,19,25)(H,23,24)(H,27,28)/t6-,10-/m0/s1. The molecule has 1 fully saturated rings. The topological polar surface area (TPSA) is 202 Å². The Morgan fingerprint density at radius 2 is 2.00 bits per heavy atom. The molecule has 2 atom stereocenters. The molecule has 0 unspecified atom stereocenters. The van der Waals surface area contributed by atoms with E-state index in [1.807, 2.05) is 0 Å². The molecule has 5 N–H and O–H groups in total. The molecule has 14 heteroatoms. The zero-order valence-corrected chi connectivity index (χ0v) is 16.9. The fourth-order valence-corrected chi connectivity index (χ4v) is 2.93. The summed E-state index contributed by atoms with van der Waals surface area (Å²) < 4.78 is 0. The van der Waals surface area contributed by atoms with Crippen LogP contribution in [0.25, 0.3) is 0 Å². The molecule has 30 heavy (non-hydrogen) atoms. The van der Waals surface area contributed by atoms with E-state index in [4.69, 9.17) is 20.8 Å². The lowest BCUT2D eigenvalue weighted by Gasteiger charge is -2.43. The number of nitrogen functional groups attached to an aromatic ring is 1. The van der Waals surface area contributed by atoms with E-state index in [1.165, 1.54) is 26.2 Å². The number of nitrogens with two attached hydrogens (primary N) is 1. The molecule has 1 aromatic heterocycles. The number of carboxylic acids is 2. The van der Waals surface area contributed by atoms with Gasteiger partial charge >= 0.3 is 11.9 Å². The molecule has 162 valence electrons. The Morgan fingerprint density at radius 3 is 2.47 bits per heavy atom. The van der Waals surface area contributed by atoms with Crippen LogP contribution in [0, 0.1) is 0 Å². The van der Waals surface area contributed by atoms with Crippen molar-refractivity contribution >= 4 is 51.8 Å². The minimum absolute atomic E-state index is 0.00516. The third-order valence-electron chi connectivity index (χ3n) is 4.11. The van der Waals surface area contributed by atoms with Crippen LogP contribution < -0.4 is 11.1 Å². The van der Waals surface area contributed by atoms with E-state index in [1.54, 1.807) is 0 Å². The minimum Gasteiger partial charge on any atom is -0.481 e. The zero-order chi connectivity index (χ0) is 22.8. The molecule has 0 spiro atoms. The van der Waals surface area contributed by atoms with Gasteiger partial charge in [0.2, 0.25) is 11.5 Å². The van der Waals surface area contributed by atoms with Crippen molar-refractivity contribution in [2.45, 2.75) is 44.9 Å². The van der Waals surface area contributed by atoms with Gasteiger partial charge in [0.25, 0.3) is 11.8 Å². The number of carbonyl (C=O) groups is 5. The van der Waals surface area contributed by atoms with Crippen molar-refractivity contribution in [3.63, 3.8) is 0 Å². The summed E-state index contributed by atoms with van der Waals surface area (Å²) in [4.78, 5) is 68.2. The average molecular weight is 441 g/mol. The third kappa shape index (κ3) is 4.71. The van der Waals surface area contributed by atoms with Crippen LogP contribution in [0.4, 0.5) is 5.13 Å². The smallest absolute Gasteiger partial charge is 0.350 e. The van der Waals surface area contributed by atoms with Gasteiger partial charge in [-0.2, -0.15) is 0 Å². The average Bonchev–Trinajstić information content (AvgIpc) is 3.05. The minimum atomic E-state index is -1.76. The molecular weight excluding hydrogens is 422 g/mol. The first-order chi connectivity index (χ1) is 13.8. The van der Waals surface area contributed by atoms with Crippen molar-refractivity contribution < 1.29 is 39.0 Å². The fraction of sp³-hybridized carbons (Fsp3) is 0.438. The summed E-state index contributed by atoms with van der Waals surface area (Å²) in [5, 5.41) is 25.3. The van der Waals surface area contributed by atoms with Crippen LogP contribution in [0.5, 0.6) is 0 Å². The monoisotopic (exact) mass is 441 g/mol. The summed E-state index contributed by atoms with van der Waals surface area (Å²) in [6, 6.07) is -1.92. The highest BCUT2D eigenvalue weighted by molar-refractivity contribution is 7.13. The van der Waals surface area contributed by atoms with Gasteiger partial charge in [-0.1, -0.05) is 5.16 Å². The highest BCUT2D eigenvalue weighted by atomic mass is 32.1. The van der Waals surface area contributed by atoms with E-state index in [2.05, 4.69) is 15.5 Å². The molecule has 2 heterocycles. The first kappa shape index (κ1) is 22.7. The van der Waals surface area contributed by atoms with Gasteiger partial charge in [0.1, 0.15) is 18.2 Å². The van der Waals surface area contributed by atoms with Crippen LogP contribution in [-0.2, 0) is 28.8 Å². The van der Waals surface area contributed by atoms with Gasteiger partial charge in [-0.3, -0.25) is 24.1 Å². The Kier molecular flexibility index (Phi) is 6.40. The van der Waals surface area contributed by atoms with Crippen molar-refractivity contribution in [1.29, 1.82) is 0 Å². The SMILES string of the molecule is C[C@H]1[C@H](NC(=O)C(=NOC(C)(C)C(=O)O)c2csc(N)n2)C(=O)N1C(=O)CC(=O)O. The molecule has 2 rings (SSSR count). The molecule has 1 aliphatic heterocycles. The van der Waals surface area contributed by atoms with E-state index in [0.717, 1.165) is 16.2 Å². The van der Waals surface area contributed by atoms with Gasteiger partial charge < -0.3 is 26.1 Å². The number of aliphatic carboxylic acids is 2. The molecule has 0 bridgehead atoms. The summed E-state index contributed by atoms with van der Waals surface area (Å²) >= 11 is 0.998. The summed E-state index contributed by atoms with van der Waals surface area (Å²) in [6.45, 7) is 3.88. The van der Waals surface area contributed by atoms with Crippen LogP contribution in [0.1, 0.15) is 32.9 Å². The highest BCUT2D eigenvalue weighted by Gasteiger charge is 2.49. The van der Waals surface area contributed by atoms with Gasteiger partial charge in [-0.25, -0.2) is 9.78 Å². The summed E-state index contributed by atoms with van der Waals surface area (Å²) in [7, 11) is 0. The second-order valence-corrected chi connectivity index (χ2v) is 7.67. The van der Waals surface area contributed by atoms with E-state index < -0.39 is 59.5 Å². The zero-order valence-electron chi connectivity index (χ0n) is 16.1. The normalized spacial score (nSPS) is 19.1. The van der Waals surface area contributed by atoms with Gasteiger partial charge in [0.15, 0.2) is 10.8 Å². The second-order valence-electron chi connectivity index (χ2n) is 6.78. The Bertz CT molecular complexity index is 940. The molecule has 1 saturated heterocycles. The Labute approximate surface area is 173 Å². The molecular formula is C16H19N5O8S. The number of oxime groups is 1. The number of β-lactam (4-membered cyclic amide) rings is 1. The summed E-state index contributed by atoms with van der Waals surface area (Å²) in [6.07, 6.45) is -0.861. The van der Waals surface area contributed by atoms with E-state index in [-0.39, 0.29) is 10.8 Å². The third-order valence-corrected chi connectivity index (χ3v) is 4.78. The number of carboxylic acid groups (broad SMARTS) is 2. The Hall–Kier alpha value is -3.55. The lowest BCUT2D eigenvalue weighted by molar-refractivity contribution is -0.163. The molecule has 0 aliphatic carbocycles. The number of thiazole rings is 1. The van der Waals surface area contributed by atoms with Crippen LogP contribution in [0.15, 0.2) is 10.5 Å². The number of nitrogens with one attached hydrogen (secondary N) is 1. The summed E-state index contributed by atoms with van der Waals surface area (Å²) in [5.41, 5.74) is 3.37. The number of hydrogen-bond donors (Lipinski definition) is 4. The van der Waals surface area contributed by atoms with Gasteiger partial charge in [-0.15, -0.1) is 11.3 Å². The van der Waals surface area contributed by atoms with E-state index in [9.17, 15) is 24.0 Å². The fourth-order valence-electron chi connectivity index (χ4n) is 2.38. The number of likely N-dealkylation sites (tertiary alicyclic amines) is 1. The van der Waals surface area contributed by atoms with Crippen molar-refractivity contribution in [2.75, 3.05) is 5.73 Å². The van der Waals surface area contributed by atoms with Crippen molar-refractivity contribution in [3.8, 4) is 0 Å². The molecule has 0 saturated carbocycles. The number of imide groups is 1. The van der Waals surface area contributed by atoms with Crippen LogP contribution in [0.2, 0.25) is 0 Å². The van der Waals surface area contributed by atoms with Crippen molar-refractivity contribution in [2.24, 2.45) is 5.16 Å². The Balaban J connectivity index is 2.19. The largest absolute Gasteiger partial charge is 0.481 e. The molecule has 3 amide bonds. The first-order valence-corrected chi connectivity index (χ1v) is 9.32. The highest BCUT2D eigenvalue weighted by Crippen LogP contribution is 2.22. The number of amides is 3. The number of rotatable bonds is 8. The lowest BCUT2D eigenvalue weighted by Crippen LogP contribution is -2.71. The molecule has 1 aromatic rings. The molecule has 13 nitrogen and oxygen atoms in total. The molecule has 1 aliphatic rings. The maximum absolute atomic E-state index is 12.7. The maximum atomic E-state index is 12.7. The molecule has 0 aromatic carbocycles. The Morgan fingerprint density at radius 1 is 1.37 bits per heavy atom. The number of nitrogens with zero attached hydrogens (tertiary/aromatic N) is 3. The quantitative estimate of drug-likeness (QED) is 0.168. The van der Waals surface area contributed by atoms with E-state index in [0.29, 0.717) is 0 Å². The maximum Gasteiger partial charge on any atom is 0.350 e. The van der Waals surface area contributed by atoms with Crippen molar-refractivity contribution in [3.05, 3.63) is 11.1 Å². The van der Waals surface area contributed by atoms with Gasteiger partial charge in [0.05, 0.1) is 6.04 Å². The molecule has 0 radical (unpaired) electrons. The lowest BCUT2D eigenvalue weighted by atomic mass is 9.95. The van der Waals surface area contributed by atoms with Crippen LogP contribution >= 0.6 is 11.3 Å². The predicted molar refractivity (Wildman–Crippen MR) is 101 cm³/mol. The number of aromatic nitrogens is 1. The predicted octanol–water partition coefficient (Wildman–Crippen LogP) is -0.974. The summed E-state index contributed by atoms with van der Waals surface area (Å²) in [5.74, 6) is -5.33. The van der Waals surface area contributed by atoms with Crippen molar-refractivity contribution in [1.82, 2.24) is 15.2 Å². The van der Waals surface area contributed by atoms with Crippen LogP contribution in [-0.4, -0.2) is 73.2 Å². The number of anilines is 1. The van der Waals surface area contributed by atoms with Gasteiger partial charge in [0, 0.05) is 5.38 Å². The second kappa shape index (κ2) is 8.44.